The molecule has 1 rings (SSSR count). The van der Waals surface area contributed by atoms with Gasteiger partial charge in [0, 0.05) is 12.3 Å². The number of ether oxygens (including phenoxy) is 1. The highest BCUT2D eigenvalue weighted by atomic mass is 16.5. The fourth-order valence-electron chi connectivity index (χ4n) is 2.37. The number of rotatable bonds is 12. The van der Waals surface area contributed by atoms with Crippen molar-refractivity contribution in [2.24, 2.45) is 0 Å². The van der Waals surface area contributed by atoms with E-state index in [1.165, 1.54) is 39.0 Å². The van der Waals surface area contributed by atoms with Crippen LogP contribution in [0.25, 0.3) is 0 Å². The van der Waals surface area contributed by atoms with Gasteiger partial charge in [0.2, 0.25) is 0 Å². The van der Waals surface area contributed by atoms with Gasteiger partial charge in [-0.3, -0.25) is 9.59 Å². The van der Waals surface area contributed by atoms with Gasteiger partial charge in [-0.25, -0.2) is 0 Å². The van der Waals surface area contributed by atoms with Crippen LogP contribution in [0.2, 0.25) is 0 Å². The average Bonchev–Trinajstić information content (AvgIpc) is 2.54. The first kappa shape index (κ1) is 19.4. The van der Waals surface area contributed by atoms with E-state index in [1.54, 1.807) is 12.1 Å². The fraction of sp³-hybridized carbons (Fsp3) is 0.579. The van der Waals surface area contributed by atoms with E-state index in [0.717, 1.165) is 12.8 Å². The highest BCUT2D eigenvalue weighted by molar-refractivity contribution is 6.09. The van der Waals surface area contributed by atoms with Gasteiger partial charge in [0.05, 0.1) is 0 Å². The number of ketones is 1. The summed E-state index contributed by atoms with van der Waals surface area (Å²) in [6, 6.07) is 9.10. The molecule has 0 spiro atoms. The van der Waals surface area contributed by atoms with E-state index in [-0.39, 0.29) is 5.78 Å². The predicted molar refractivity (Wildman–Crippen MR) is 93.5 cm³/mol. The van der Waals surface area contributed by atoms with Gasteiger partial charge in [0.1, 0.15) is 0 Å². The second kappa shape index (κ2) is 11.8. The van der Waals surface area contributed by atoms with Crippen LogP contribution in [0.3, 0.4) is 0 Å². The third kappa shape index (κ3) is 8.50. The molecule has 23 heavy (non-hydrogen) atoms. The molecule has 0 aromatic heterocycles. The van der Waals surface area contributed by atoms with Gasteiger partial charge in [-0.1, -0.05) is 63.6 Å². The molecule has 0 heterocycles. The Hall–Kier alpha value is -1.68. The van der Waals surface area contributed by atoms with E-state index in [2.05, 4.69) is 12.2 Å². The van der Waals surface area contributed by atoms with Gasteiger partial charge in [-0.05, 0) is 25.5 Å². The van der Waals surface area contributed by atoms with Crippen LogP contribution in [-0.4, -0.2) is 24.4 Å². The molecule has 0 aliphatic rings. The summed E-state index contributed by atoms with van der Waals surface area (Å²) in [5, 5.41) is 2.71. The molecule has 1 aromatic rings. The van der Waals surface area contributed by atoms with Crippen LogP contribution in [0.1, 0.15) is 58.8 Å². The Labute approximate surface area is 139 Å². The Balaban J connectivity index is 2.26. The van der Waals surface area contributed by atoms with Crippen LogP contribution < -0.4 is 5.32 Å². The number of para-hydroxylation sites is 1. The summed E-state index contributed by atoms with van der Waals surface area (Å²) in [7, 11) is 0. The lowest BCUT2D eigenvalue weighted by Crippen LogP contribution is -2.36. The monoisotopic (exact) mass is 319 g/mol. The van der Waals surface area contributed by atoms with Crippen molar-refractivity contribution >= 4 is 17.4 Å². The number of hydrogen-bond acceptors (Lipinski definition) is 3. The summed E-state index contributed by atoms with van der Waals surface area (Å²) in [4.78, 5) is 23.8. The molecule has 0 aliphatic heterocycles. The minimum atomic E-state index is -1.02. The quantitative estimate of drug-likeness (QED) is 0.460. The largest absolute Gasteiger partial charge is 0.361 e. The van der Waals surface area contributed by atoms with Gasteiger partial charge in [-0.15, -0.1) is 0 Å². The molecule has 1 amide bonds. The number of anilines is 1. The number of amides is 1. The average molecular weight is 319 g/mol. The number of Topliss-reactive ketones (excluding diaryl/α,β-unsaturated/α-hetero) is 1. The van der Waals surface area contributed by atoms with Crippen LogP contribution >= 0.6 is 0 Å². The molecule has 1 N–H and O–H groups in total. The highest BCUT2D eigenvalue weighted by Crippen LogP contribution is 2.10. The molecule has 1 aromatic carbocycles. The predicted octanol–water partition coefficient (Wildman–Crippen LogP) is 4.35. The maximum atomic E-state index is 12.1. The second-order valence-electron chi connectivity index (χ2n) is 5.84. The Morgan fingerprint density at radius 1 is 1.00 bits per heavy atom. The van der Waals surface area contributed by atoms with E-state index in [9.17, 15) is 9.59 Å². The van der Waals surface area contributed by atoms with Gasteiger partial charge in [0.25, 0.3) is 5.91 Å². The molecule has 0 saturated heterocycles. The van der Waals surface area contributed by atoms with Crippen molar-refractivity contribution in [3.8, 4) is 0 Å². The minimum Gasteiger partial charge on any atom is -0.361 e. The van der Waals surface area contributed by atoms with Crippen molar-refractivity contribution < 1.29 is 14.3 Å². The first-order chi connectivity index (χ1) is 11.1. The van der Waals surface area contributed by atoms with Crippen LogP contribution in [0.4, 0.5) is 5.69 Å². The molecule has 0 radical (unpaired) electrons. The maximum Gasteiger partial charge on any atom is 0.261 e. The standard InChI is InChI=1S/C19H29NO3/c1-3-4-5-6-7-8-12-15-23-18(16(2)21)19(22)20-17-13-10-9-11-14-17/h9-11,13-14,18H,3-8,12,15H2,1-2H3,(H,20,22). The van der Waals surface area contributed by atoms with E-state index >= 15 is 0 Å². The zero-order chi connectivity index (χ0) is 16.9. The summed E-state index contributed by atoms with van der Waals surface area (Å²) < 4.78 is 5.50. The topological polar surface area (TPSA) is 55.4 Å². The van der Waals surface area contributed by atoms with Crippen molar-refractivity contribution in [3.05, 3.63) is 30.3 Å². The summed E-state index contributed by atoms with van der Waals surface area (Å²) >= 11 is 0. The Bertz CT molecular complexity index is 459. The molecular formula is C19H29NO3. The number of carbonyl (C=O) groups excluding carboxylic acids is 2. The van der Waals surface area contributed by atoms with Crippen LogP contribution in [0.5, 0.6) is 0 Å². The maximum absolute atomic E-state index is 12.1. The molecule has 0 saturated carbocycles. The molecule has 1 unspecified atom stereocenters. The first-order valence-corrected chi connectivity index (χ1v) is 8.63. The second-order valence-corrected chi connectivity index (χ2v) is 5.84. The molecule has 0 bridgehead atoms. The smallest absolute Gasteiger partial charge is 0.261 e. The Kier molecular flexibility index (Phi) is 9.96. The van der Waals surface area contributed by atoms with Crippen LogP contribution in [0, 0.1) is 0 Å². The number of nitrogens with one attached hydrogen (secondary N) is 1. The summed E-state index contributed by atoms with van der Waals surface area (Å²) in [5.74, 6) is -0.659. The third-order valence-corrected chi connectivity index (χ3v) is 3.68. The van der Waals surface area contributed by atoms with E-state index in [1.807, 2.05) is 18.2 Å². The number of unbranched alkanes of at least 4 members (excludes halogenated alkanes) is 6. The molecule has 128 valence electrons. The summed E-state index contributed by atoms with van der Waals surface area (Å²) in [6.45, 7) is 4.04. The van der Waals surface area contributed by atoms with Crippen LogP contribution in [0.15, 0.2) is 30.3 Å². The minimum absolute atomic E-state index is 0.263. The van der Waals surface area contributed by atoms with E-state index in [0.29, 0.717) is 12.3 Å². The van der Waals surface area contributed by atoms with Crippen molar-refractivity contribution in [3.63, 3.8) is 0 Å². The van der Waals surface area contributed by atoms with Crippen molar-refractivity contribution in [2.75, 3.05) is 11.9 Å². The number of benzene rings is 1. The third-order valence-electron chi connectivity index (χ3n) is 3.68. The fourth-order valence-corrected chi connectivity index (χ4v) is 2.37. The van der Waals surface area contributed by atoms with E-state index in [4.69, 9.17) is 4.74 Å². The lowest BCUT2D eigenvalue weighted by Gasteiger charge is -2.15. The summed E-state index contributed by atoms with van der Waals surface area (Å²) in [6.07, 6.45) is 7.21. The normalized spacial score (nSPS) is 11.9. The molecule has 4 nitrogen and oxygen atoms in total. The van der Waals surface area contributed by atoms with Gasteiger partial charge in [0.15, 0.2) is 11.9 Å². The molecule has 0 fully saturated rings. The Morgan fingerprint density at radius 3 is 2.22 bits per heavy atom. The van der Waals surface area contributed by atoms with E-state index < -0.39 is 12.0 Å². The number of hydrogen-bond donors (Lipinski definition) is 1. The SMILES string of the molecule is CCCCCCCCCOC(C(C)=O)C(=O)Nc1ccccc1. The van der Waals surface area contributed by atoms with Gasteiger partial charge in [-0.2, -0.15) is 0 Å². The Morgan fingerprint density at radius 2 is 1.61 bits per heavy atom. The first-order valence-electron chi connectivity index (χ1n) is 8.63. The number of carbonyl (C=O) groups is 2. The van der Waals surface area contributed by atoms with Gasteiger partial charge < -0.3 is 10.1 Å². The molecule has 0 aliphatic carbocycles. The van der Waals surface area contributed by atoms with Gasteiger partial charge >= 0.3 is 0 Å². The molecule has 1 atom stereocenters. The van der Waals surface area contributed by atoms with Crippen molar-refractivity contribution in [1.82, 2.24) is 0 Å². The lowest BCUT2D eigenvalue weighted by atomic mass is 10.1. The highest BCUT2D eigenvalue weighted by Gasteiger charge is 2.23. The molecular weight excluding hydrogens is 290 g/mol. The van der Waals surface area contributed by atoms with Crippen molar-refractivity contribution in [2.45, 2.75) is 64.9 Å². The molecule has 4 heteroatoms. The summed E-state index contributed by atoms with van der Waals surface area (Å²) in [5.41, 5.74) is 0.670. The zero-order valence-corrected chi connectivity index (χ0v) is 14.3. The zero-order valence-electron chi connectivity index (χ0n) is 14.3. The van der Waals surface area contributed by atoms with Crippen LogP contribution in [-0.2, 0) is 14.3 Å². The van der Waals surface area contributed by atoms with Crippen molar-refractivity contribution in [1.29, 1.82) is 0 Å². The lowest BCUT2D eigenvalue weighted by molar-refractivity contribution is -0.139.